The molecule has 0 atom stereocenters. The summed E-state index contributed by atoms with van der Waals surface area (Å²) in [5.41, 5.74) is 5.48. The first-order chi connectivity index (χ1) is 8.54. The van der Waals surface area contributed by atoms with Gasteiger partial charge in [0, 0.05) is 17.7 Å². The summed E-state index contributed by atoms with van der Waals surface area (Å²) >= 11 is 0. The summed E-state index contributed by atoms with van der Waals surface area (Å²) in [5.74, 6) is -5.07. The minimum atomic E-state index is -1.62. The van der Waals surface area contributed by atoms with Crippen LogP contribution < -0.4 is 5.73 Å². The molecule has 2 aromatic carbocycles. The van der Waals surface area contributed by atoms with E-state index in [4.69, 9.17) is 5.73 Å². The van der Waals surface area contributed by atoms with Crippen LogP contribution >= 0.6 is 0 Å². The molecule has 5 heteroatoms. The van der Waals surface area contributed by atoms with Crippen LogP contribution in [0.15, 0.2) is 30.3 Å². The van der Waals surface area contributed by atoms with Crippen LogP contribution in [0.2, 0.25) is 0 Å². The molecule has 18 heavy (non-hydrogen) atoms. The minimum Gasteiger partial charge on any atom is -0.326 e. The summed E-state index contributed by atoms with van der Waals surface area (Å²) in [6, 6.07) is 5.61. The highest BCUT2D eigenvalue weighted by atomic mass is 19.2. The highest BCUT2D eigenvalue weighted by Crippen LogP contribution is 2.28. The first-order valence-electron chi connectivity index (χ1n) is 5.17. The number of rotatable bonds is 2. The Morgan fingerprint density at radius 1 is 0.778 bits per heavy atom. The second-order valence-electron chi connectivity index (χ2n) is 3.74. The summed E-state index contributed by atoms with van der Waals surface area (Å²) < 4.78 is 53.0. The third-order valence-corrected chi connectivity index (χ3v) is 2.59. The molecular formula is C13H9F4N. The molecule has 2 rings (SSSR count). The van der Waals surface area contributed by atoms with Crippen LogP contribution in [0.1, 0.15) is 5.56 Å². The van der Waals surface area contributed by atoms with E-state index in [1.807, 2.05) is 0 Å². The van der Waals surface area contributed by atoms with Crippen molar-refractivity contribution in [2.75, 3.05) is 0 Å². The van der Waals surface area contributed by atoms with E-state index in [9.17, 15) is 17.6 Å². The Morgan fingerprint density at radius 3 is 2.11 bits per heavy atom. The standard InChI is InChI=1S/C13H9F4N/c14-10-3-1-7(6-18)5-9(10)8-2-4-11(15)13(17)12(8)16/h1-5H,6,18H2. The maximum absolute atomic E-state index is 13.6. The molecule has 2 N–H and O–H groups in total. The second kappa shape index (κ2) is 4.78. The minimum absolute atomic E-state index is 0.137. The predicted octanol–water partition coefficient (Wildman–Crippen LogP) is 3.37. The zero-order valence-corrected chi connectivity index (χ0v) is 9.18. The van der Waals surface area contributed by atoms with Gasteiger partial charge in [-0.05, 0) is 29.8 Å². The fourth-order valence-corrected chi connectivity index (χ4v) is 1.64. The van der Waals surface area contributed by atoms with Gasteiger partial charge in [-0.1, -0.05) is 6.07 Å². The van der Waals surface area contributed by atoms with Crippen molar-refractivity contribution in [3.63, 3.8) is 0 Å². The molecule has 0 aliphatic rings. The van der Waals surface area contributed by atoms with Gasteiger partial charge in [-0.2, -0.15) is 0 Å². The molecule has 0 saturated heterocycles. The molecule has 0 aliphatic heterocycles. The van der Waals surface area contributed by atoms with Crippen molar-refractivity contribution in [2.45, 2.75) is 6.54 Å². The van der Waals surface area contributed by atoms with E-state index in [2.05, 4.69) is 0 Å². The van der Waals surface area contributed by atoms with Crippen LogP contribution in [0.25, 0.3) is 11.1 Å². The molecule has 0 aliphatic carbocycles. The first kappa shape index (κ1) is 12.6. The van der Waals surface area contributed by atoms with Crippen LogP contribution in [0, 0.1) is 23.3 Å². The van der Waals surface area contributed by atoms with E-state index in [-0.39, 0.29) is 17.7 Å². The smallest absolute Gasteiger partial charge is 0.195 e. The molecular weight excluding hydrogens is 246 g/mol. The third kappa shape index (κ3) is 2.09. The van der Waals surface area contributed by atoms with Crippen molar-refractivity contribution >= 4 is 0 Å². The van der Waals surface area contributed by atoms with E-state index in [0.717, 1.165) is 18.2 Å². The average molecular weight is 255 g/mol. The van der Waals surface area contributed by atoms with E-state index in [0.29, 0.717) is 5.56 Å². The molecule has 0 unspecified atom stereocenters. The predicted molar refractivity (Wildman–Crippen MR) is 59.6 cm³/mol. The van der Waals surface area contributed by atoms with Crippen molar-refractivity contribution in [2.24, 2.45) is 5.73 Å². The Bertz CT molecular complexity index is 596. The third-order valence-electron chi connectivity index (χ3n) is 2.59. The summed E-state index contributed by atoms with van der Waals surface area (Å²) in [5, 5.41) is 0. The fourth-order valence-electron chi connectivity index (χ4n) is 1.64. The van der Waals surface area contributed by atoms with Gasteiger partial charge in [0.05, 0.1) is 0 Å². The molecule has 1 nitrogen and oxygen atoms in total. The number of nitrogens with two attached hydrogens (primary N) is 1. The van der Waals surface area contributed by atoms with Gasteiger partial charge in [-0.15, -0.1) is 0 Å². The summed E-state index contributed by atoms with van der Waals surface area (Å²) in [7, 11) is 0. The highest BCUT2D eigenvalue weighted by molar-refractivity contribution is 5.65. The first-order valence-corrected chi connectivity index (χ1v) is 5.17. The maximum atomic E-state index is 13.6. The highest BCUT2D eigenvalue weighted by Gasteiger charge is 2.17. The van der Waals surface area contributed by atoms with Crippen LogP contribution in [0.3, 0.4) is 0 Å². The van der Waals surface area contributed by atoms with E-state index in [1.165, 1.54) is 12.1 Å². The lowest BCUT2D eigenvalue weighted by atomic mass is 10.0. The van der Waals surface area contributed by atoms with Crippen LogP contribution in [0.5, 0.6) is 0 Å². The van der Waals surface area contributed by atoms with Crippen molar-refractivity contribution in [3.8, 4) is 11.1 Å². The number of halogens is 4. The Kier molecular flexibility index (Phi) is 3.34. The fraction of sp³-hybridized carbons (Fsp3) is 0.0769. The molecule has 0 aromatic heterocycles. The Balaban J connectivity index is 2.65. The summed E-state index contributed by atoms with van der Waals surface area (Å²) in [4.78, 5) is 0. The lowest BCUT2D eigenvalue weighted by molar-refractivity contribution is 0.448. The molecule has 0 heterocycles. The van der Waals surface area contributed by atoms with Gasteiger partial charge in [0.1, 0.15) is 5.82 Å². The topological polar surface area (TPSA) is 26.0 Å². The number of hydrogen-bond donors (Lipinski definition) is 1. The lowest BCUT2D eigenvalue weighted by Crippen LogP contribution is -1.99. The van der Waals surface area contributed by atoms with Crippen molar-refractivity contribution in [3.05, 3.63) is 59.2 Å². The van der Waals surface area contributed by atoms with Gasteiger partial charge >= 0.3 is 0 Å². The molecule has 0 saturated carbocycles. The molecule has 0 bridgehead atoms. The zero-order valence-electron chi connectivity index (χ0n) is 9.18. The van der Waals surface area contributed by atoms with Crippen molar-refractivity contribution in [1.82, 2.24) is 0 Å². The average Bonchev–Trinajstić information content (AvgIpc) is 2.37. The van der Waals surface area contributed by atoms with Crippen LogP contribution in [-0.2, 0) is 6.54 Å². The lowest BCUT2D eigenvalue weighted by Gasteiger charge is -2.08. The monoisotopic (exact) mass is 255 g/mol. The van der Waals surface area contributed by atoms with Crippen LogP contribution in [-0.4, -0.2) is 0 Å². The van der Waals surface area contributed by atoms with Crippen molar-refractivity contribution in [1.29, 1.82) is 0 Å². The van der Waals surface area contributed by atoms with Gasteiger partial charge < -0.3 is 5.73 Å². The van der Waals surface area contributed by atoms with Gasteiger partial charge in [0.2, 0.25) is 0 Å². The normalized spacial score (nSPS) is 10.7. The number of benzene rings is 2. The SMILES string of the molecule is NCc1ccc(F)c(-c2ccc(F)c(F)c2F)c1. The molecule has 0 amide bonds. The Morgan fingerprint density at radius 2 is 1.44 bits per heavy atom. The number of hydrogen-bond acceptors (Lipinski definition) is 1. The molecule has 0 fully saturated rings. The summed E-state index contributed by atoms with van der Waals surface area (Å²) in [6.45, 7) is 0.137. The second-order valence-corrected chi connectivity index (χ2v) is 3.74. The quantitative estimate of drug-likeness (QED) is 0.646. The van der Waals surface area contributed by atoms with Crippen LogP contribution in [0.4, 0.5) is 17.6 Å². The zero-order chi connectivity index (χ0) is 13.3. The van der Waals surface area contributed by atoms with E-state index >= 15 is 0 Å². The van der Waals surface area contributed by atoms with Gasteiger partial charge in [0.15, 0.2) is 17.5 Å². The maximum Gasteiger partial charge on any atom is 0.195 e. The molecule has 94 valence electrons. The molecule has 0 spiro atoms. The summed E-state index contributed by atoms with van der Waals surface area (Å²) in [6.07, 6.45) is 0. The van der Waals surface area contributed by atoms with Crippen molar-refractivity contribution < 1.29 is 17.6 Å². The Hall–Kier alpha value is -1.88. The van der Waals surface area contributed by atoms with Gasteiger partial charge in [0.25, 0.3) is 0 Å². The van der Waals surface area contributed by atoms with Gasteiger partial charge in [-0.3, -0.25) is 0 Å². The Labute approximate surface area is 101 Å². The molecule has 0 radical (unpaired) electrons. The van der Waals surface area contributed by atoms with Gasteiger partial charge in [-0.25, -0.2) is 17.6 Å². The van der Waals surface area contributed by atoms with E-state index in [1.54, 1.807) is 0 Å². The molecule has 2 aromatic rings. The largest absolute Gasteiger partial charge is 0.326 e. The van der Waals surface area contributed by atoms with E-state index < -0.39 is 23.3 Å².